The Morgan fingerprint density at radius 3 is 2.53 bits per heavy atom. The van der Waals surface area contributed by atoms with E-state index in [9.17, 15) is 12.8 Å². The van der Waals surface area contributed by atoms with E-state index in [-0.39, 0.29) is 5.69 Å². The molecule has 0 atom stereocenters. The highest BCUT2D eigenvalue weighted by Crippen LogP contribution is 2.19. The van der Waals surface area contributed by atoms with E-state index in [1.807, 2.05) is 4.72 Å². The molecule has 0 unspecified atom stereocenters. The number of halogens is 1. The van der Waals surface area contributed by atoms with Crippen molar-refractivity contribution in [1.29, 1.82) is 10.5 Å². The molecule has 0 saturated heterocycles. The summed E-state index contributed by atoms with van der Waals surface area (Å²) in [6.45, 7) is 0. The maximum Gasteiger partial charge on any atom is 0.243 e. The summed E-state index contributed by atoms with van der Waals surface area (Å²) in [7, 11) is -2.80. The maximum absolute atomic E-state index is 13.4. The van der Waals surface area contributed by atoms with Crippen LogP contribution < -0.4 is 10.1 Å². The van der Waals surface area contributed by atoms with Gasteiger partial charge in [0.2, 0.25) is 15.7 Å². The summed E-state index contributed by atoms with van der Waals surface area (Å²) in [6.07, 6.45) is 0. The van der Waals surface area contributed by atoms with E-state index in [4.69, 9.17) is 10.5 Å². The second kappa shape index (κ2) is 5.91. The number of nitriles is 2. The molecular formula is C10H8FN5O2S. The Morgan fingerprint density at radius 1 is 1.37 bits per heavy atom. The number of nitrogens with zero attached hydrogens (tertiary/aromatic N) is 3. The van der Waals surface area contributed by atoms with Gasteiger partial charge in [-0.2, -0.15) is 15.6 Å². The first-order valence-corrected chi connectivity index (χ1v) is 6.30. The van der Waals surface area contributed by atoms with Gasteiger partial charge in [0.05, 0.1) is 5.69 Å². The summed E-state index contributed by atoms with van der Waals surface area (Å²) >= 11 is 0. The van der Waals surface area contributed by atoms with Crippen LogP contribution in [-0.4, -0.2) is 21.2 Å². The fraction of sp³-hybridized carbons (Fsp3) is 0.100. The van der Waals surface area contributed by atoms with Gasteiger partial charge in [0.15, 0.2) is 0 Å². The molecule has 19 heavy (non-hydrogen) atoms. The molecule has 0 aromatic heterocycles. The monoisotopic (exact) mass is 281 g/mol. The maximum atomic E-state index is 13.4. The van der Waals surface area contributed by atoms with Crippen LogP contribution in [0.5, 0.6) is 0 Å². The lowest BCUT2D eigenvalue weighted by Gasteiger charge is -2.06. The van der Waals surface area contributed by atoms with E-state index in [2.05, 4.69) is 10.5 Å². The van der Waals surface area contributed by atoms with E-state index < -0.39 is 26.4 Å². The quantitative estimate of drug-likeness (QED) is 0.617. The van der Waals surface area contributed by atoms with Crippen molar-refractivity contribution in [3.63, 3.8) is 0 Å². The van der Waals surface area contributed by atoms with Crippen molar-refractivity contribution >= 4 is 21.4 Å². The Labute approximate surface area is 109 Å². The normalized spacial score (nSPS) is 10.1. The highest BCUT2D eigenvalue weighted by Gasteiger charge is 2.17. The minimum Gasteiger partial charge on any atom is -0.276 e. The average molecular weight is 281 g/mol. The second-order valence-electron chi connectivity index (χ2n) is 3.15. The Bertz CT molecular complexity index is 684. The molecule has 7 nitrogen and oxygen atoms in total. The van der Waals surface area contributed by atoms with Crippen molar-refractivity contribution in [3.8, 4) is 12.1 Å². The lowest BCUT2D eigenvalue weighted by molar-refractivity contribution is 0.561. The van der Waals surface area contributed by atoms with Gasteiger partial charge < -0.3 is 0 Å². The Hall–Kier alpha value is -2.49. The fourth-order valence-electron chi connectivity index (χ4n) is 1.08. The van der Waals surface area contributed by atoms with Crippen LogP contribution in [0.2, 0.25) is 0 Å². The molecule has 0 aliphatic heterocycles. The van der Waals surface area contributed by atoms with Crippen molar-refractivity contribution in [2.75, 3.05) is 12.5 Å². The van der Waals surface area contributed by atoms with Gasteiger partial charge in [-0.1, -0.05) is 0 Å². The van der Waals surface area contributed by atoms with Crippen molar-refractivity contribution in [2.45, 2.75) is 4.90 Å². The summed E-state index contributed by atoms with van der Waals surface area (Å²) in [5, 5.41) is 20.3. The molecule has 1 rings (SSSR count). The second-order valence-corrected chi connectivity index (χ2v) is 5.00. The number of benzene rings is 1. The third-order valence-electron chi connectivity index (χ3n) is 2.00. The number of anilines is 1. The summed E-state index contributed by atoms with van der Waals surface area (Å²) < 4.78 is 38.4. The lowest BCUT2D eigenvalue weighted by Crippen LogP contribution is -2.20. The molecule has 0 fully saturated rings. The van der Waals surface area contributed by atoms with Gasteiger partial charge in [-0.15, -0.1) is 0 Å². The van der Waals surface area contributed by atoms with E-state index >= 15 is 0 Å². The van der Waals surface area contributed by atoms with E-state index in [1.165, 1.54) is 18.2 Å². The van der Waals surface area contributed by atoms with Crippen molar-refractivity contribution in [1.82, 2.24) is 4.72 Å². The first-order valence-electron chi connectivity index (χ1n) is 4.81. The van der Waals surface area contributed by atoms with Crippen LogP contribution in [-0.2, 0) is 10.0 Å². The van der Waals surface area contributed by atoms with Gasteiger partial charge in [-0.05, 0) is 25.2 Å². The summed E-state index contributed by atoms with van der Waals surface area (Å²) in [4.78, 5) is -0.564. The molecule has 0 radical (unpaired) electrons. The molecular weight excluding hydrogens is 273 g/mol. The zero-order chi connectivity index (χ0) is 14.5. The minimum atomic E-state index is -3.94. The molecule has 0 spiro atoms. The molecule has 1 aromatic rings. The van der Waals surface area contributed by atoms with Gasteiger partial charge in [0.25, 0.3) is 0 Å². The van der Waals surface area contributed by atoms with Crippen LogP contribution in [0.15, 0.2) is 28.2 Å². The smallest absolute Gasteiger partial charge is 0.243 e. The van der Waals surface area contributed by atoms with Crippen LogP contribution in [0.4, 0.5) is 10.1 Å². The predicted molar refractivity (Wildman–Crippen MR) is 64.9 cm³/mol. The van der Waals surface area contributed by atoms with Crippen LogP contribution in [0, 0.1) is 28.5 Å². The van der Waals surface area contributed by atoms with Crippen LogP contribution in [0.1, 0.15) is 0 Å². The van der Waals surface area contributed by atoms with Gasteiger partial charge in [-0.25, -0.2) is 17.5 Å². The Balaban J connectivity index is 3.16. The molecule has 0 amide bonds. The van der Waals surface area contributed by atoms with E-state index in [0.29, 0.717) is 0 Å². The van der Waals surface area contributed by atoms with Crippen molar-refractivity contribution < 1.29 is 12.8 Å². The zero-order valence-corrected chi connectivity index (χ0v) is 10.5. The number of sulfonamides is 1. The minimum absolute atomic E-state index is 0.123. The molecule has 0 aliphatic carbocycles. The molecule has 1 aromatic carbocycles. The van der Waals surface area contributed by atoms with Crippen LogP contribution >= 0.6 is 0 Å². The molecule has 0 saturated carbocycles. The Morgan fingerprint density at radius 2 is 2.00 bits per heavy atom. The molecule has 2 N–H and O–H groups in total. The molecule has 0 aliphatic rings. The summed E-state index contributed by atoms with van der Waals surface area (Å²) in [5.74, 6) is -0.926. The fourth-order valence-corrected chi connectivity index (χ4v) is 1.91. The Kier molecular flexibility index (Phi) is 4.53. The third-order valence-corrected chi connectivity index (χ3v) is 3.43. The highest BCUT2D eigenvalue weighted by atomic mass is 32.2. The van der Waals surface area contributed by atoms with Gasteiger partial charge in [0, 0.05) is 0 Å². The van der Waals surface area contributed by atoms with Gasteiger partial charge >= 0.3 is 0 Å². The topological polar surface area (TPSA) is 118 Å². The number of hydrogen-bond acceptors (Lipinski definition) is 6. The predicted octanol–water partition coefficient (Wildman–Crippen LogP) is 0.549. The molecule has 98 valence electrons. The third kappa shape index (κ3) is 3.48. The van der Waals surface area contributed by atoms with Crippen LogP contribution in [0.3, 0.4) is 0 Å². The molecule has 0 bridgehead atoms. The van der Waals surface area contributed by atoms with Gasteiger partial charge in [0.1, 0.15) is 22.9 Å². The number of hydrogen-bond donors (Lipinski definition) is 2. The van der Waals surface area contributed by atoms with Gasteiger partial charge in [-0.3, -0.25) is 5.43 Å². The van der Waals surface area contributed by atoms with Crippen LogP contribution in [0.25, 0.3) is 0 Å². The van der Waals surface area contributed by atoms with Crippen molar-refractivity contribution in [3.05, 3.63) is 24.0 Å². The summed E-state index contributed by atoms with van der Waals surface area (Å²) in [6, 6.07) is 6.17. The van der Waals surface area contributed by atoms with E-state index in [1.54, 1.807) is 0 Å². The van der Waals surface area contributed by atoms with Crippen molar-refractivity contribution in [2.24, 2.45) is 5.10 Å². The first-order chi connectivity index (χ1) is 8.94. The first kappa shape index (κ1) is 14.6. The average Bonchev–Trinajstić information content (AvgIpc) is 2.41. The lowest BCUT2D eigenvalue weighted by atomic mass is 10.3. The largest absolute Gasteiger partial charge is 0.276 e. The number of hydrazone groups is 1. The van der Waals surface area contributed by atoms with E-state index in [0.717, 1.165) is 19.2 Å². The SMILES string of the molecule is CNS(=O)(=O)c1cc(NN=C(C#N)C#N)ccc1F. The summed E-state index contributed by atoms with van der Waals surface area (Å²) in [5.41, 5.74) is 1.98. The number of nitrogens with one attached hydrogen (secondary N) is 2. The standard InChI is InChI=1S/C10H8FN5O2S/c1-14-19(17,18)10-4-7(2-3-9(10)11)15-16-8(5-12)6-13/h2-4,14-15H,1H3. The zero-order valence-electron chi connectivity index (χ0n) is 9.68. The molecule has 0 heterocycles. The number of rotatable bonds is 4. The molecule has 9 heteroatoms. The highest BCUT2D eigenvalue weighted by molar-refractivity contribution is 7.89.